The van der Waals surface area contributed by atoms with Gasteiger partial charge in [-0.2, -0.15) is 0 Å². The van der Waals surface area contributed by atoms with E-state index in [1.54, 1.807) is 13.1 Å². The first kappa shape index (κ1) is 17.8. The summed E-state index contributed by atoms with van der Waals surface area (Å²) in [5.41, 5.74) is 1.99. The summed E-state index contributed by atoms with van der Waals surface area (Å²) >= 11 is 0. The van der Waals surface area contributed by atoms with Crippen LogP contribution in [0.4, 0.5) is 0 Å². The lowest BCUT2D eigenvalue weighted by molar-refractivity contribution is 0.270. The zero-order chi connectivity index (χ0) is 10.7. The van der Waals surface area contributed by atoms with Crippen molar-refractivity contribution in [1.29, 1.82) is 0 Å². The second kappa shape index (κ2) is 7.68. The minimum atomic E-state index is -0.154. The standard InChI is InChI=1S/C10H16N2O2.2ClH/c1-7-10(14)9(6-13)8(4-11-7)5-12(2)3;;/h4,13-14H,5-6H2,1-3H3;2*1H. The lowest BCUT2D eigenvalue weighted by atomic mass is 10.1. The van der Waals surface area contributed by atoms with Gasteiger partial charge in [-0.3, -0.25) is 4.98 Å². The summed E-state index contributed by atoms with van der Waals surface area (Å²) in [6.07, 6.45) is 1.70. The molecular formula is C10H18Cl2N2O2. The monoisotopic (exact) mass is 268 g/mol. The lowest BCUT2D eigenvalue weighted by Gasteiger charge is -2.14. The molecule has 0 fully saturated rings. The van der Waals surface area contributed by atoms with E-state index in [-0.39, 0.29) is 37.2 Å². The number of aromatic hydroxyl groups is 1. The van der Waals surface area contributed by atoms with Crippen LogP contribution < -0.4 is 0 Å². The van der Waals surface area contributed by atoms with Gasteiger partial charge < -0.3 is 15.1 Å². The van der Waals surface area contributed by atoms with Crippen LogP contribution in [-0.4, -0.2) is 34.2 Å². The van der Waals surface area contributed by atoms with Crippen LogP contribution in [0.2, 0.25) is 0 Å². The van der Waals surface area contributed by atoms with Crippen molar-refractivity contribution in [2.75, 3.05) is 14.1 Å². The summed E-state index contributed by atoms with van der Waals surface area (Å²) in [6, 6.07) is 0. The maximum absolute atomic E-state index is 9.65. The van der Waals surface area contributed by atoms with Crippen LogP contribution >= 0.6 is 24.8 Å². The van der Waals surface area contributed by atoms with Crippen LogP contribution in [0.1, 0.15) is 16.8 Å². The quantitative estimate of drug-likeness (QED) is 0.873. The first-order chi connectivity index (χ1) is 6.56. The zero-order valence-electron chi connectivity index (χ0n) is 9.60. The Labute approximate surface area is 108 Å². The highest BCUT2D eigenvalue weighted by Crippen LogP contribution is 2.24. The summed E-state index contributed by atoms with van der Waals surface area (Å²) in [4.78, 5) is 6.02. The first-order valence-corrected chi connectivity index (χ1v) is 4.48. The third-order valence-electron chi connectivity index (χ3n) is 2.07. The number of rotatable bonds is 3. The second-order valence-electron chi connectivity index (χ2n) is 3.59. The number of hydrogen-bond acceptors (Lipinski definition) is 4. The van der Waals surface area contributed by atoms with Gasteiger partial charge in [0.25, 0.3) is 0 Å². The zero-order valence-corrected chi connectivity index (χ0v) is 11.2. The fourth-order valence-corrected chi connectivity index (χ4v) is 1.34. The number of aryl methyl sites for hydroxylation is 1. The van der Waals surface area contributed by atoms with E-state index >= 15 is 0 Å². The molecule has 0 aliphatic rings. The maximum Gasteiger partial charge on any atom is 0.142 e. The molecule has 0 spiro atoms. The molecule has 0 radical (unpaired) electrons. The minimum absolute atomic E-state index is 0. The number of aromatic nitrogens is 1. The average molecular weight is 269 g/mol. The van der Waals surface area contributed by atoms with Gasteiger partial charge in [0.1, 0.15) is 5.75 Å². The predicted octanol–water partition coefficient (Wildman–Crippen LogP) is 1.49. The molecule has 0 bridgehead atoms. The normalized spacial score (nSPS) is 9.56. The van der Waals surface area contributed by atoms with Gasteiger partial charge in [0.2, 0.25) is 0 Å². The van der Waals surface area contributed by atoms with E-state index in [9.17, 15) is 5.11 Å². The molecule has 1 rings (SSSR count). The van der Waals surface area contributed by atoms with E-state index in [1.165, 1.54) is 0 Å². The molecule has 1 aromatic rings. The molecule has 0 aliphatic carbocycles. The van der Waals surface area contributed by atoms with Crippen molar-refractivity contribution in [3.63, 3.8) is 0 Å². The predicted molar refractivity (Wildman–Crippen MR) is 68.4 cm³/mol. The molecule has 0 aromatic carbocycles. The van der Waals surface area contributed by atoms with Gasteiger partial charge >= 0.3 is 0 Å². The highest BCUT2D eigenvalue weighted by Gasteiger charge is 2.10. The van der Waals surface area contributed by atoms with E-state index in [2.05, 4.69) is 4.98 Å². The molecular weight excluding hydrogens is 251 g/mol. The molecule has 94 valence electrons. The van der Waals surface area contributed by atoms with Gasteiger partial charge in [-0.05, 0) is 26.6 Å². The molecule has 0 amide bonds. The van der Waals surface area contributed by atoms with Crippen molar-refractivity contribution in [1.82, 2.24) is 9.88 Å². The Kier molecular flexibility index (Phi) is 8.56. The number of aliphatic hydroxyl groups excluding tert-OH is 1. The summed E-state index contributed by atoms with van der Waals surface area (Å²) in [5.74, 6) is 0.104. The van der Waals surface area contributed by atoms with E-state index in [4.69, 9.17) is 5.11 Å². The third-order valence-corrected chi connectivity index (χ3v) is 2.07. The van der Waals surface area contributed by atoms with Gasteiger partial charge in [0, 0.05) is 18.3 Å². The van der Waals surface area contributed by atoms with E-state index in [0.29, 0.717) is 17.8 Å². The average Bonchev–Trinajstić information content (AvgIpc) is 2.11. The van der Waals surface area contributed by atoms with Crippen molar-refractivity contribution in [3.8, 4) is 5.75 Å². The number of halogens is 2. The van der Waals surface area contributed by atoms with Gasteiger partial charge in [-0.25, -0.2) is 0 Å². The van der Waals surface area contributed by atoms with E-state index in [1.807, 2.05) is 19.0 Å². The van der Waals surface area contributed by atoms with E-state index in [0.717, 1.165) is 5.56 Å². The molecule has 0 atom stereocenters. The Morgan fingerprint density at radius 2 is 1.88 bits per heavy atom. The maximum atomic E-state index is 9.65. The van der Waals surface area contributed by atoms with Crippen molar-refractivity contribution in [3.05, 3.63) is 23.0 Å². The van der Waals surface area contributed by atoms with E-state index < -0.39 is 0 Å². The molecule has 0 unspecified atom stereocenters. The van der Waals surface area contributed by atoms with Gasteiger partial charge in [-0.1, -0.05) is 0 Å². The largest absolute Gasteiger partial charge is 0.506 e. The van der Waals surface area contributed by atoms with Gasteiger partial charge in [-0.15, -0.1) is 24.8 Å². The van der Waals surface area contributed by atoms with Crippen LogP contribution in [0.15, 0.2) is 6.20 Å². The van der Waals surface area contributed by atoms with Crippen LogP contribution in [0.5, 0.6) is 5.75 Å². The van der Waals surface area contributed by atoms with Crippen molar-refractivity contribution >= 4 is 24.8 Å². The number of hydrogen-bond donors (Lipinski definition) is 2. The highest BCUT2D eigenvalue weighted by atomic mass is 35.5. The van der Waals surface area contributed by atoms with Crippen LogP contribution in [0.3, 0.4) is 0 Å². The summed E-state index contributed by atoms with van der Waals surface area (Å²) in [6.45, 7) is 2.23. The lowest BCUT2D eigenvalue weighted by Crippen LogP contribution is -2.13. The fourth-order valence-electron chi connectivity index (χ4n) is 1.34. The molecule has 6 heteroatoms. The topological polar surface area (TPSA) is 56.6 Å². The molecule has 2 N–H and O–H groups in total. The van der Waals surface area contributed by atoms with Crippen molar-refractivity contribution in [2.24, 2.45) is 0 Å². The Hall–Kier alpha value is -0.550. The minimum Gasteiger partial charge on any atom is -0.506 e. The highest BCUT2D eigenvalue weighted by molar-refractivity contribution is 5.85. The molecule has 0 saturated carbocycles. The van der Waals surface area contributed by atoms with Crippen LogP contribution in [0.25, 0.3) is 0 Å². The molecule has 1 aromatic heterocycles. The summed E-state index contributed by atoms with van der Waals surface area (Å²) < 4.78 is 0. The summed E-state index contributed by atoms with van der Waals surface area (Å²) in [5, 5.41) is 18.8. The molecule has 0 aliphatic heterocycles. The molecule has 1 heterocycles. The summed E-state index contributed by atoms with van der Waals surface area (Å²) in [7, 11) is 3.86. The van der Waals surface area contributed by atoms with Crippen LogP contribution in [0, 0.1) is 6.92 Å². The smallest absolute Gasteiger partial charge is 0.142 e. The number of aliphatic hydroxyl groups is 1. The number of pyridine rings is 1. The molecule has 0 saturated heterocycles. The molecule has 4 nitrogen and oxygen atoms in total. The third kappa shape index (κ3) is 4.14. The fraction of sp³-hybridized carbons (Fsp3) is 0.500. The molecule has 16 heavy (non-hydrogen) atoms. The van der Waals surface area contributed by atoms with Crippen molar-refractivity contribution in [2.45, 2.75) is 20.1 Å². The number of nitrogens with zero attached hydrogens (tertiary/aromatic N) is 2. The van der Waals surface area contributed by atoms with Crippen LogP contribution in [-0.2, 0) is 13.2 Å². The first-order valence-electron chi connectivity index (χ1n) is 4.48. The SMILES string of the molecule is Cc1ncc(CN(C)C)c(CO)c1O.Cl.Cl. The Balaban J connectivity index is 0. The second-order valence-corrected chi connectivity index (χ2v) is 3.59. The Bertz CT molecular complexity index is 333. The van der Waals surface area contributed by atoms with Gasteiger partial charge in [0.15, 0.2) is 0 Å². The van der Waals surface area contributed by atoms with Gasteiger partial charge in [0.05, 0.1) is 12.3 Å². The van der Waals surface area contributed by atoms with Crippen molar-refractivity contribution < 1.29 is 10.2 Å². The Morgan fingerprint density at radius 3 is 2.31 bits per heavy atom. The Morgan fingerprint density at radius 1 is 1.31 bits per heavy atom.